The van der Waals surface area contributed by atoms with E-state index >= 15 is 0 Å². The average molecular weight is 625 g/mol. The molecule has 11 heteroatoms. The minimum absolute atomic E-state index is 0.251. The zero-order valence-electron chi connectivity index (χ0n) is 27.5. The maximum Gasteiger partial charge on any atom is 0.307 e. The van der Waals surface area contributed by atoms with Crippen molar-refractivity contribution in [2.75, 3.05) is 126 Å². The van der Waals surface area contributed by atoms with Crippen molar-refractivity contribution in [3.8, 4) is 0 Å². The molecule has 0 heterocycles. The van der Waals surface area contributed by atoms with E-state index in [1.54, 1.807) is 0 Å². The summed E-state index contributed by atoms with van der Waals surface area (Å²) < 4.78 is 53.7. The lowest BCUT2D eigenvalue weighted by atomic mass is 10.1. The highest BCUT2D eigenvalue weighted by molar-refractivity contribution is 5.69. The quantitative estimate of drug-likeness (QED) is 0.0709. The van der Waals surface area contributed by atoms with Crippen LogP contribution in [0.1, 0.15) is 77.6 Å². The molecule has 0 saturated carbocycles. The van der Waals surface area contributed by atoms with Gasteiger partial charge in [0.25, 0.3) is 0 Å². The molecule has 0 aliphatic carbocycles. The molecular formula is C32H64O11. The van der Waals surface area contributed by atoms with Gasteiger partial charge in [0.1, 0.15) is 0 Å². The zero-order valence-corrected chi connectivity index (χ0v) is 27.5. The Balaban J connectivity index is 3.04. The Morgan fingerprint density at radius 3 is 0.907 bits per heavy atom. The Bertz CT molecular complexity index is 526. The lowest BCUT2D eigenvalue weighted by molar-refractivity contribution is -0.141. The van der Waals surface area contributed by atoms with E-state index in [1.807, 2.05) is 0 Å². The van der Waals surface area contributed by atoms with Crippen molar-refractivity contribution in [1.29, 1.82) is 0 Å². The van der Waals surface area contributed by atoms with Crippen molar-refractivity contribution in [2.24, 2.45) is 0 Å². The summed E-state index contributed by atoms with van der Waals surface area (Å²) in [5.41, 5.74) is 0. The maximum absolute atomic E-state index is 10.9. The standard InChI is InChI=1S/C32H64O11/c1-3-4-5-6-7-8-9-10-11-12-14-35-16-18-37-20-22-39-24-26-41-28-30-43-31-29-42-27-25-40-23-21-38-19-17-36-15-13-32(33)34-2/h3-31H2,1-2H3. The summed E-state index contributed by atoms with van der Waals surface area (Å²) >= 11 is 0. The molecule has 0 aromatic heterocycles. The number of rotatable bonds is 38. The van der Waals surface area contributed by atoms with Crippen molar-refractivity contribution in [2.45, 2.75) is 77.6 Å². The summed E-state index contributed by atoms with van der Waals surface area (Å²) in [6.07, 6.45) is 13.7. The Morgan fingerprint density at radius 2 is 0.605 bits per heavy atom. The minimum atomic E-state index is -0.280. The molecule has 0 atom stereocenters. The van der Waals surface area contributed by atoms with E-state index in [9.17, 15) is 4.79 Å². The molecule has 0 N–H and O–H groups in total. The number of ether oxygens (including phenoxy) is 10. The number of carbonyl (C=O) groups excluding carboxylic acids is 1. The smallest absolute Gasteiger partial charge is 0.307 e. The Labute approximate surface area is 261 Å². The molecule has 43 heavy (non-hydrogen) atoms. The molecule has 0 saturated heterocycles. The second-order valence-electron chi connectivity index (χ2n) is 10.0. The fourth-order valence-electron chi connectivity index (χ4n) is 3.81. The summed E-state index contributed by atoms with van der Waals surface area (Å²) in [4.78, 5) is 10.9. The number of carbonyl (C=O) groups is 1. The summed E-state index contributed by atoms with van der Waals surface area (Å²) in [6, 6.07) is 0. The van der Waals surface area contributed by atoms with Crippen LogP contribution in [0.5, 0.6) is 0 Å². The maximum atomic E-state index is 10.9. The minimum Gasteiger partial charge on any atom is -0.469 e. The number of methoxy groups -OCH3 is 1. The van der Waals surface area contributed by atoms with Crippen LogP contribution in [0.25, 0.3) is 0 Å². The molecule has 0 aliphatic heterocycles. The molecule has 0 unspecified atom stereocenters. The number of hydrogen-bond acceptors (Lipinski definition) is 11. The summed E-state index contributed by atoms with van der Waals surface area (Å²) in [7, 11) is 1.36. The van der Waals surface area contributed by atoms with Crippen molar-refractivity contribution in [1.82, 2.24) is 0 Å². The van der Waals surface area contributed by atoms with Crippen molar-refractivity contribution < 1.29 is 52.2 Å². The fourth-order valence-corrected chi connectivity index (χ4v) is 3.81. The lowest BCUT2D eigenvalue weighted by Gasteiger charge is -2.09. The summed E-state index contributed by atoms with van der Waals surface area (Å²) in [5, 5.41) is 0. The molecule has 258 valence electrons. The SMILES string of the molecule is CCCCCCCCCCCCOCCOCCOCCOCCOCCOCCOCCOCCOCCC(=O)OC. The van der Waals surface area contributed by atoms with Gasteiger partial charge in [-0.3, -0.25) is 4.79 Å². The van der Waals surface area contributed by atoms with Crippen LogP contribution in [-0.4, -0.2) is 132 Å². The van der Waals surface area contributed by atoms with E-state index in [2.05, 4.69) is 11.7 Å². The lowest BCUT2D eigenvalue weighted by Crippen LogP contribution is -2.15. The van der Waals surface area contributed by atoms with Crippen LogP contribution in [0.3, 0.4) is 0 Å². The summed E-state index contributed by atoms with van der Waals surface area (Å²) in [6.45, 7) is 11.8. The van der Waals surface area contributed by atoms with Gasteiger partial charge in [0.2, 0.25) is 0 Å². The summed E-state index contributed by atoms with van der Waals surface area (Å²) in [5.74, 6) is -0.280. The second kappa shape index (κ2) is 39.1. The topological polar surface area (TPSA) is 109 Å². The van der Waals surface area contributed by atoms with E-state index in [1.165, 1.54) is 64.9 Å². The first-order valence-corrected chi connectivity index (χ1v) is 16.6. The molecule has 0 amide bonds. The predicted octanol–water partition coefficient (Wildman–Crippen LogP) is 4.62. The Hall–Kier alpha value is -0.890. The highest BCUT2D eigenvalue weighted by atomic mass is 16.6. The first-order valence-electron chi connectivity index (χ1n) is 16.6. The Morgan fingerprint density at radius 1 is 0.349 bits per heavy atom. The van der Waals surface area contributed by atoms with Gasteiger partial charge in [-0.1, -0.05) is 64.7 Å². The van der Waals surface area contributed by atoms with Gasteiger partial charge in [0.15, 0.2) is 0 Å². The van der Waals surface area contributed by atoms with Gasteiger partial charge in [0, 0.05) is 6.61 Å². The molecule has 0 rings (SSSR count). The monoisotopic (exact) mass is 624 g/mol. The van der Waals surface area contributed by atoms with Gasteiger partial charge in [-0.05, 0) is 6.42 Å². The second-order valence-corrected chi connectivity index (χ2v) is 10.0. The number of unbranched alkanes of at least 4 members (excludes halogenated alkanes) is 9. The molecule has 11 nitrogen and oxygen atoms in total. The number of esters is 1. The fraction of sp³-hybridized carbons (Fsp3) is 0.969. The molecule has 0 aliphatic rings. The van der Waals surface area contributed by atoms with Crippen LogP contribution < -0.4 is 0 Å². The molecule has 0 fully saturated rings. The van der Waals surface area contributed by atoms with Gasteiger partial charge in [-0.15, -0.1) is 0 Å². The molecule has 0 spiro atoms. The van der Waals surface area contributed by atoms with Crippen molar-refractivity contribution >= 4 is 5.97 Å². The van der Waals surface area contributed by atoms with Crippen LogP contribution in [0.15, 0.2) is 0 Å². The molecule has 0 radical (unpaired) electrons. The van der Waals surface area contributed by atoms with Gasteiger partial charge in [-0.2, -0.15) is 0 Å². The van der Waals surface area contributed by atoms with Crippen LogP contribution in [0.2, 0.25) is 0 Å². The van der Waals surface area contributed by atoms with E-state index < -0.39 is 0 Å². The highest BCUT2D eigenvalue weighted by Crippen LogP contribution is 2.10. The zero-order chi connectivity index (χ0) is 31.2. The highest BCUT2D eigenvalue weighted by Gasteiger charge is 1.99. The van der Waals surface area contributed by atoms with Crippen molar-refractivity contribution in [3.05, 3.63) is 0 Å². The molecular weight excluding hydrogens is 560 g/mol. The third kappa shape index (κ3) is 39.1. The van der Waals surface area contributed by atoms with Gasteiger partial charge >= 0.3 is 5.97 Å². The first-order chi connectivity index (χ1) is 21.3. The van der Waals surface area contributed by atoms with Crippen LogP contribution in [0.4, 0.5) is 0 Å². The molecule has 0 aromatic carbocycles. The van der Waals surface area contributed by atoms with E-state index in [4.69, 9.17) is 42.6 Å². The van der Waals surface area contributed by atoms with Gasteiger partial charge < -0.3 is 47.4 Å². The van der Waals surface area contributed by atoms with Crippen LogP contribution in [0, 0.1) is 0 Å². The normalized spacial score (nSPS) is 11.4. The number of hydrogen-bond donors (Lipinski definition) is 0. The van der Waals surface area contributed by atoms with Crippen LogP contribution in [-0.2, 0) is 52.2 Å². The van der Waals surface area contributed by atoms with E-state index in [0.29, 0.717) is 112 Å². The third-order valence-corrected chi connectivity index (χ3v) is 6.30. The van der Waals surface area contributed by atoms with Crippen molar-refractivity contribution in [3.63, 3.8) is 0 Å². The van der Waals surface area contributed by atoms with Gasteiger partial charge in [-0.25, -0.2) is 0 Å². The largest absolute Gasteiger partial charge is 0.469 e. The third-order valence-electron chi connectivity index (χ3n) is 6.30. The average Bonchev–Trinajstić information content (AvgIpc) is 3.02. The molecule has 0 bridgehead atoms. The first kappa shape index (κ1) is 42.1. The van der Waals surface area contributed by atoms with Gasteiger partial charge in [0.05, 0.1) is 126 Å². The Kier molecular flexibility index (Phi) is 38.3. The molecule has 0 aromatic rings. The van der Waals surface area contributed by atoms with E-state index in [-0.39, 0.29) is 12.4 Å². The van der Waals surface area contributed by atoms with Crippen LogP contribution >= 0.6 is 0 Å². The predicted molar refractivity (Wildman–Crippen MR) is 166 cm³/mol. The van der Waals surface area contributed by atoms with E-state index in [0.717, 1.165) is 13.0 Å².